The monoisotopic (exact) mass is 1290 g/mol. The van der Waals surface area contributed by atoms with Gasteiger partial charge in [-0.15, -0.1) is 0 Å². The van der Waals surface area contributed by atoms with E-state index in [2.05, 4.69) is 75.6 Å². The molecule has 0 aliphatic carbocycles. The summed E-state index contributed by atoms with van der Waals surface area (Å²) in [6.07, 6.45) is 2.79. The van der Waals surface area contributed by atoms with Crippen LogP contribution >= 0.6 is 11.6 Å². The Hall–Kier alpha value is -1.18. The molecule has 8 atom stereocenters. The topological polar surface area (TPSA) is 356 Å². The van der Waals surface area contributed by atoms with Gasteiger partial charge in [-0.25, -0.2) is 28.7 Å². The Balaban J connectivity index is 0.000000504. The zero-order valence-electron chi connectivity index (χ0n) is 41.7. The Morgan fingerprint density at radius 3 is 1.68 bits per heavy atom. The van der Waals surface area contributed by atoms with E-state index in [1.165, 1.54) is 21.5 Å². The first-order valence-electron chi connectivity index (χ1n) is 21.5. The van der Waals surface area contributed by atoms with Gasteiger partial charge in [-0.05, 0) is 46.6 Å². The van der Waals surface area contributed by atoms with Gasteiger partial charge in [-0.3, -0.25) is 4.79 Å². The van der Waals surface area contributed by atoms with Crippen LogP contribution in [-0.4, -0.2) is 162 Å². The van der Waals surface area contributed by atoms with Crippen LogP contribution in [0.2, 0.25) is 21.8 Å². The molecule has 23 nitrogen and oxygen atoms in total. The van der Waals surface area contributed by atoms with Gasteiger partial charge in [0.1, 0.15) is 72.3 Å². The van der Waals surface area contributed by atoms with Gasteiger partial charge in [0, 0.05) is 30.4 Å². The Kier molecular flexibility index (Phi) is 29.1. The fourth-order valence-electron chi connectivity index (χ4n) is 9.04. The summed E-state index contributed by atoms with van der Waals surface area (Å²) in [7, 11) is -3.11. The second-order valence-corrected chi connectivity index (χ2v) is 22.8. The van der Waals surface area contributed by atoms with E-state index in [-0.39, 0.29) is 180 Å². The van der Waals surface area contributed by atoms with Crippen molar-refractivity contribution in [1.29, 1.82) is 5.26 Å². The molecule has 0 amide bonds. The summed E-state index contributed by atoms with van der Waals surface area (Å²) < 4.78 is 44.1. The average Bonchev–Trinajstić information content (AvgIpc) is 4.22. The fourth-order valence-corrected chi connectivity index (χ4v) is 15.8. The van der Waals surface area contributed by atoms with Crippen LogP contribution < -0.4 is 149 Å². The number of hydrogen-bond donors (Lipinski definition) is 10. The molecule has 8 rings (SSSR count). The van der Waals surface area contributed by atoms with Crippen LogP contribution in [-0.2, 0) is 19.2 Å². The predicted molar refractivity (Wildman–Crippen MR) is 247 cm³/mol. The molecule has 2 saturated heterocycles. The Bertz CT molecular complexity index is 2620. The molecular formula is C42H57BClCs2F2N9O14Si. The van der Waals surface area contributed by atoms with Crippen molar-refractivity contribution in [2.24, 2.45) is 0 Å². The van der Waals surface area contributed by atoms with E-state index in [1.54, 1.807) is 18.5 Å². The van der Waals surface area contributed by atoms with Crippen LogP contribution in [0.4, 0.5) is 8.78 Å². The van der Waals surface area contributed by atoms with E-state index < -0.39 is 89.3 Å². The van der Waals surface area contributed by atoms with E-state index in [4.69, 9.17) is 46.6 Å². The number of fused-ring (bicyclic) bond motifs is 2. The van der Waals surface area contributed by atoms with Gasteiger partial charge >= 0.3 is 145 Å². The standard InChI is InChI=1S/C15H15FN4O4.C13H26BNO2Si.C11H11ClFN3O4.C2H3NO.CH2O3.2Cs.H/c16-8-4-20(15-13(23)12(22)9(5-21)24-15)14-10(8)11(18-6-19-14)7-1-2-17-3-7;1-10(2)18(11(3)4,12(5)6)15-8-7-13(9-15)14(16)17;12-9-6-4(13)1-16(10(6)15-3-14-9)11-8(19)7(18)5(2-17)20-11;3-1-2-4;2-1-4-3;;;/h1-4,6,9,12-13,15,17,21-23H,5H2;7-12,16-17H,1-6H3;1,3,5,7-8,11,17-19H,2H2;4H,2H2;1,3H;;;/q;;;;;2*+1;-1/p-1/t9-,12?,13+,15-;;5-,7?,8+,11-;;;;;/m1.1...../s1. The molecule has 30 heteroatoms. The number of nitrogens with zero attached hydrogens (tertiary/aromatic N) is 8. The maximum atomic E-state index is 14.6. The average molecular weight is 1290 g/mol. The first kappa shape index (κ1) is 66.9. The van der Waals surface area contributed by atoms with Crippen LogP contribution in [0.1, 0.15) is 55.4 Å². The van der Waals surface area contributed by atoms with E-state index in [9.17, 15) is 44.4 Å². The molecule has 0 aromatic carbocycles. The molecule has 2 aliphatic rings. The van der Waals surface area contributed by atoms with E-state index in [0.29, 0.717) is 33.3 Å². The smallest absolute Gasteiger partial charge is 1.00 e. The van der Waals surface area contributed by atoms with Crippen molar-refractivity contribution in [3.8, 4) is 17.3 Å². The number of aromatic nitrogens is 8. The third kappa shape index (κ3) is 15.1. The number of carbonyl (C=O) groups is 1. The molecule has 0 radical (unpaired) electrons. The second-order valence-electron chi connectivity index (χ2n) is 16.7. The van der Waals surface area contributed by atoms with Crippen molar-refractivity contribution in [2.75, 3.05) is 19.8 Å². The number of rotatable bonds is 11. The summed E-state index contributed by atoms with van der Waals surface area (Å²) in [5.41, 5.74) is 3.87. The first-order valence-corrected chi connectivity index (χ1v) is 24.1. The summed E-state index contributed by atoms with van der Waals surface area (Å²) in [5.74, 6) is -1.23. The predicted octanol–water partition coefficient (Wildman–Crippen LogP) is -5.74. The molecule has 0 saturated carbocycles. The van der Waals surface area contributed by atoms with Crippen LogP contribution in [0.5, 0.6) is 0 Å². The van der Waals surface area contributed by atoms with Gasteiger partial charge in [-0.1, -0.05) is 53.1 Å². The Morgan fingerprint density at radius 1 is 0.847 bits per heavy atom. The molecule has 0 bridgehead atoms. The van der Waals surface area contributed by atoms with Crippen molar-refractivity contribution in [3.05, 3.63) is 78.8 Å². The van der Waals surface area contributed by atoms with Crippen LogP contribution in [0.3, 0.4) is 0 Å². The minimum Gasteiger partial charge on any atom is -1.00 e. The molecule has 0 spiro atoms. The minimum absolute atomic E-state index is 0. The van der Waals surface area contributed by atoms with Crippen LogP contribution in [0.25, 0.3) is 33.3 Å². The number of ether oxygens (including phenoxy) is 2. The zero-order chi connectivity index (χ0) is 52.2. The van der Waals surface area contributed by atoms with Crippen molar-refractivity contribution < 1.29 is 218 Å². The number of hydrogen-bond acceptors (Lipinski definition) is 19. The molecule has 8 heterocycles. The van der Waals surface area contributed by atoms with Crippen molar-refractivity contribution in [2.45, 2.75) is 107 Å². The summed E-state index contributed by atoms with van der Waals surface area (Å²) in [5, 5.41) is 100.0. The van der Waals surface area contributed by atoms with Gasteiger partial charge in [0.2, 0.25) is 0 Å². The molecule has 384 valence electrons. The summed E-state index contributed by atoms with van der Waals surface area (Å²) >= 11 is 5.81. The molecule has 72 heavy (non-hydrogen) atoms. The van der Waals surface area contributed by atoms with Gasteiger partial charge in [0.05, 0.1) is 35.7 Å². The van der Waals surface area contributed by atoms with Crippen molar-refractivity contribution in [1.82, 2.24) is 38.3 Å². The molecule has 2 unspecified atom stereocenters. The number of H-pyrrole nitrogens is 1. The van der Waals surface area contributed by atoms with E-state index in [1.807, 2.05) is 18.5 Å². The maximum Gasteiger partial charge on any atom is 1.00 e. The van der Waals surface area contributed by atoms with Crippen molar-refractivity contribution in [3.63, 3.8) is 0 Å². The Morgan fingerprint density at radius 2 is 1.31 bits per heavy atom. The number of nitrogens with one attached hydrogen (secondary N) is 1. The normalized spacial score (nSPS) is 21.2. The van der Waals surface area contributed by atoms with E-state index >= 15 is 0 Å². The fraction of sp³-hybridized carbons (Fsp3) is 0.476. The van der Waals surface area contributed by atoms with Crippen LogP contribution in [0.15, 0.2) is 62.0 Å². The number of aliphatic hydroxyl groups is 7. The Labute approximate surface area is 537 Å². The summed E-state index contributed by atoms with van der Waals surface area (Å²) in [4.78, 5) is 30.0. The second kappa shape index (κ2) is 31.3. The van der Waals surface area contributed by atoms with Gasteiger partial charge in [0.15, 0.2) is 32.3 Å². The number of carbonyl (C=O) groups excluding carboxylic acids is 1. The number of aliphatic hydroxyl groups excluding tert-OH is 7. The largest absolute Gasteiger partial charge is 1.00 e. The summed E-state index contributed by atoms with van der Waals surface area (Å²) in [6, 6.07) is 5.06. The molecular weight excluding hydrogens is 1230 g/mol. The molecule has 2 aliphatic heterocycles. The molecule has 6 aromatic heterocycles. The van der Waals surface area contributed by atoms with Gasteiger partial charge < -0.3 is 85.2 Å². The molecule has 6 aromatic rings. The number of aromatic amines is 1. The third-order valence-electron chi connectivity index (χ3n) is 11.9. The maximum absolute atomic E-state index is 14.6. The van der Waals surface area contributed by atoms with Gasteiger partial charge in [0.25, 0.3) is 6.47 Å². The summed E-state index contributed by atoms with van der Waals surface area (Å²) in [6.45, 7) is 12.3. The number of halogens is 3. The molecule has 2 fully saturated rings. The van der Waals surface area contributed by atoms with Crippen LogP contribution in [0, 0.1) is 23.0 Å². The quantitative estimate of drug-likeness (QED) is 0.0144. The van der Waals surface area contributed by atoms with Crippen molar-refractivity contribution >= 4 is 61.0 Å². The molecule has 10 N–H and O–H groups in total. The zero-order valence-corrected chi connectivity index (χ0v) is 55.0. The SMILES string of the molecule is CC(C)[Si](C(C)C)(C(C)C)n1ccc(B(O)O)c1.N#CCO.O=CO[O-].OC[C@H]1O[C@@H](n2cc(F)c3c(-c4cc[nH]c4)ncnc32)[C@@H](O)C1O.OC[C@H]1O[C@@H](n2cc(F)c3c(Cl)ncnc32)[C@@H](O)C1O.[Cs+].[Cs+].[H-]. The van der Waals surface area contributed by atoms with Gasteiger partial charge in [-0.2, -0.15) is 5.26 Å². The first-order chi connectivity index (χ1) is 33.2. The van der Waals surface area contributed by atoms with E-state index in [0.717, 1.165) is 18.7 Å². The third-order valence-corrected chi connectivity index (χ3v) is 18.9. The minimum atomic E-state index is -1.73. The number of nitriles is 1.